The number of benzene rings is 1. The van der Waals surface area contributed by atoms with E-state index in [1.54, 1.807) is 40.0 Å². The molecule has 1 aromatic rings. The van der Waals surface area contributed by atoms with Crippen LogP contribution in [0.2, 0.25) is 0 Å². The molecule has 1 fully saturated rings. The number of ether oxygens (including phenoxy) is 1. The highest BCUT2D eigenvalue weighted by molar-refractivity contribution is 7.89. The summed E-state index contributed by atoms with van der Waals surface area (Å²) in [6.45, 7) is 5.60. The Hall–Kier alpha value is -1.60. The van der Waals surface area contributed by atoms with E-state index in [4.69, 9.17) is 4.74 Å². The molecule has 2 rings (SSSR count). The molecule has 128 valence electrons. The van der Waals surface area contributed by atoms with E-state index in [1.165, 1.54) is 4.31 Å². The highest BCUT2D eigenvalue weighted by Crippen LogP contribution is 2.32. The summed E-state index contributed by atoms with van der Waals surface area (Å²) in [6.07, 6.45) is 1.05. The molecule has 1 heterocycles. The fourth-order valence-electron chi connectivity index (χ4n) is 3.30. The summed E-state index contributed by atoms with van der Waals surface area (Å²) >= 11 is 0. The van der Waals surface area contributed by atoms with Crippen LogP contribution in [0.3, 0.4) is 0 Å². The molecule has 6 nitrogen and oxygen atoms in total. The van der Waals surface area contributed by atoms with Crippen LogP contribution in [0.4, 0.5) is 0 Å². The number of methoxy groups -OCH3 is 1. The molecule has 1 aromatic carbocycles. The predicted molar refractivity (Wildman–Crippen MR) is 86.2 cm³/mol. The summed E-state index contributed by atoms with van der Waals surface area (Å²) in [5, 5.41) is 9.28. The molecule has 7 heteroatoms. The van der Waals surface area contributed by atoms with Gasteiger partial charge in [-0.3, -0.25) is 4.79 Å². The molecule has 0 spiro atoms. The highest BCUT2D eigenvalue weighted by atomic mass is 32.2. The summed E-state index contributed by atoms with van der Waals surface area (Å²) in [5.74, 6) is -0.947. The number of carboxylic acid groups (broad SMARTS) is 1. The van der Waals surface area contributed by atoms with Crippen LogP contribution in [0.5, 0.6) is 5.75 Å². The lowest BCUT2D eigenvalue weighted by Gasteiger charge is -2.36. The molecule has 1 aliphatic rings. The highest BCUT2D eigenvalue weighted by Gasteiger charge is 2.39. The SMILES string of the molecule is COc1c(C)cc(S(=O)(=O)N2CCC[C@H](C(=O)O)[C@@H]2C)cc1C. The number of aliphatic carboxylic acids is 1. The number of carbonyl (C=O) groups is 1. The van der Waals surface area contributed by atoms with Crippen molar-refractivity contribution in [2.75, 3.05) is 13.7 Å². The van der Waals surface area contributed by atoms with Crippen molar-refractivity contribution in [3.05, 3.63) is 23.3 Å². The molecule has 1 aliphatic heterocycles. The van der Waals surface area contributed by atoms with Crippen molar-refractivity contribution >= 4 is 16.0 Å². The van der Waals surface area contributed by atoms with Crippen LogP contribution in [0.15, 0.2) is 17.0 Å². The minimum atomic E-state index is -3.73. The Morgan fingerprint density at radius 1 is 1.30 bits per heavy atom. The van der Waals surface area contributed by atoms with Crippen LogP contribution < -0.4 is 4.74 Å². The van der Waals surface area contributed by atoms with Gasteiger partial charge in [-0.2, -0.15) is 4.31 Å². The van der Waals surface area contributed by atoms with Gasteiger partial charge in [0.05, 0.1) is 17.9 Å². The molecule has 0 saturated carbocycles. The number of hydrogen-bond donors (Lipinski definition) is 1. The Morgan fingerprint density at radius 2 is 1.87 bits per heavy atom. The quantitative estimate of drug-likeness (QED) is 0.907. The zero-order valence-corrected chi connectivity index (χ0v) is 14.7. The summed E-state index contributed by atoms with van der Waals surface area (Å²) < 4.78 is 32.5. The van der Waals surface area contributed by atoms with Gasteiger partial charge in [-0.05, 0) is 56.9 Å². The van der Waals surface area contributed by atoms with Crippen LogP contribution in [0.1, 0.15) is 30.9 Å². The summed E-state index contributed by atoms with van der Waals surface area (Å²) in [7, 11) is -2.18. The van der Waals surface area contributed by atoms with Crippen LogP contribution in [0, 0.1) is 19.8 Å². The number of aryl methyl sites for hydroxylation is 2. The number of carboxylic acids is 1. The Bertz CT molecular complexity index is 690. The molecule has 0 aliphatic carbocycles. The van der Waals surface area contributed by atoms with Gasteiger partial charge in [0.2, 0.25) is 10.0 Å². The van der Waals surface area contributed by atoms with Gasteiger partial charge >= 0.3 is 5.97 Å². The van der Waals surface area contributed by atoms with E-state index in [2.05, 4.69) is 0 Å². The average Bonchev–Trinajstić information content (AvgIpc) is 2.46. The number of piperidine rings is 1. The van der Waals surface area contributed by atoms with Gasteiger partial charge in [0.25, 0.3) is 0 Å². The third kappa shape index (κ3) is 3.21. The van der Waals surface area contributed by atoms with E-state index in [1.807, 2.05) is 0 Å². The molecule has 23 heavy (non-hydrogen) atoms. The molecule has 0 radical (unpaired) electrons. The molecule has 0 unspecified atom stereocenters. The summed E-state index contributed by atoms with van der Waals surface area (Å²) in [4.78, 5) is 11.5. The van der Waals surface area contributed by atoms with Crippen molar-refractivity contribution < 1.29 is 23.1 Å². The molecular formula is C16H23NO5S. The van der Waals surface area contributed by atoms with Gasteiger partial charge in [0.1, 0.15) is 5.75 Å². The van der Waals surface area contributed by atoms with Crippen molar-refractivity contribution in [3.63, 3.8) is 0 Å². The second-order valence-corrected chi connectivity index (χ2v) is 7.92. The minimum absolute atomic E-state index is 0.186. The maximum atomic E-state index is 13.0. The van der Waals surface area contributed by atoms with Crippen molar-refractivity contribution in [3.8, 4) is 5.75 Å². The van der Waals surface area contributed by atoms with E-state index in [0.717, 1.165) is 11.1 Å². The van der Waals surface area contributed by atoms with Gasteiger partial charge in [0, 0.05) is 12.6 Å². The third-order valence-electron chi connectivity index (χ3n) is 4.49. The Morgan fingerprint density at radius 3 is 2.35 bits per heavy atom. The largest absolute Gasteiger partial charge is 0.496 e. The fourth-order valence-corrected chi connectivity index (χ4v) is 5.17. The molecule has 0 amide bonds. The van der Waals surface area contributed by atoms with Crippen LogP contribution in [0.25, 0.3) is 0 Å². The zero-order chi connectivity index (χ0) is 17.4. The monoisotopic (exact) mass is 341 g/mol. The van der Waals surface area contributed by atoms with Gasteiger partial charge in [0.15, 0.2) is 0 Å². The number of nitrogens with zero attached hydrogens (tertiary/aromatic N) is 1. The predicted octanol–water partition coefficient (Wildman–Crippen LogP) is 2.19. The maximum Gasteiger partial charge on any atom is 0.308 e. The van der Waals surface area contributed by atoms with E-state index in [0.29, 0.717) is 25.1 Å². The normalized spacial score (nSPS) is 22.8. The molecule has 0 aromatic heterocycles. The molecule has 0 bridgehead atoms. The van der Waals surface area contributed by atoms with Gasteiger partial charge < -0.3 is 9.84 Å². The Balaban J connectivity index is 2.44. The smallest absolute Gasteiger partial charge is 0.308 e. The lowest BCUT2D eigenvalue weighted by molar-refractivity contribution is -0.144. The summed E-state index contributed by atoms with van der Waals surface area (Å²) in [6, 6.07) is 2.60. The number of rotatable bonds is 4. The molecule has 2 atom stereocenters. The molecule has 1 saturated heterocycles. The maximum absolute atomic E-state index is 13.0. The first kappa shape index (κ1) is 17.7. The van der Waals surface area contributed by atoms with Gasteiger partial charge in [-0.25, -0.2) is 8.42 Å². The van der Waals surface area contributed by atoms with E-state index < -0.39 is 28.0 Å². The first-order valence-corrected chi connectivity index (χ1v) is 9.04. The van der Waals surface area contributed by atoms with Crippen LogP contribution in [-0.4, -0.2) is 43.5 Å². The minimum Gasteiger partial charge on any atom is -0.496 e. The number of hydrogen-bond acceptors (Lipinski definition) is 4. The topological polar surface area (TPSA) is 83.9 Å². The lowest BCUT2D eigenvalue weighted by Crippen LogP contribution is -2.49. The van der Waals surface area contributed by atoms with E-state index in [9.17, 15) is 18.3 Å². The standard InChI is InChI=1S/C16H23NO5S/c1-10-8-13(9-11(2)15(10)22-4)23(20,21)17-7-5-6-14(12(17)3)16(18)19/h8-9,12,14H,5-7H2,1-4H3,(H,18,19)/t12-,14-/m0/s1. The second-order valence-electron chi connectivity index (χ2n) is 6.03. The Kier molecular flexibility index (Phi) is 5.01. The third-order valence-corrected chi connectivity index (χ3v) is 6.46. The van der Waals surface area contributed by atoms with Crippen LogP contribution in [-0.2, 0) is 14.8 Å². The van der Waals surface area contributed by atoms with E-state index in [-0.39, 0.29) is 4.90 Å². The van der Waals surface area contributed by atoms with Crippen molar-refractivity contribution in [2.24, 2.45) is 5.92 Å². The van der Waals surface area contributed by atoms with E-state index >= 15 is 0 Å². The fraction of sp³-hybridized carbons (Fsp3) is 0.562. The molecule has 1 N–H and O–H groups in total. The Labute approximate surface area is 137 Å². The first-order valence-electron chi connectivity index (χ1n) is 7.60. The van der Waals surface area contributed by atoms with Crippen LogP contribution >= 0.6 is 0 Å². The van der Waals surface area contributed by atoms with Gasteiger partial charge in [-0.15, -0.1) is 0 Å². The second kappa shape index (κ2) is 6.49. The van der Waals surface area contributed by atoms with Gasteiger partial charge in [-0.1, -0.05) is 0 Å². The van der Waals surface area contributed by atoms with Crippen molar-refractivity contribution in [1.82, 2.24) is 4.31 Å². The summed E-state index contributed by atoms with van der Waals surface area (Å²) in [5.41, 5.74) is 1.48. The average molecular weight is 341 g/mol. The lowest BCUT2D eigenvalue weighted by atomic mass is 9.92. The van der Waals surface area contributed by atoms with Crippen molar-refractivity contribution in [1.29, 1.82) is 0 Å². The first-order chi connectivity index (χ1) is 10.7. The number of sulfonamides is 1. The molecular weight excluding hydrogens is 318 g/mol. The zero-order valence-electron chi connectivity index (χ0n) is 13.9. The van der Waals surface area contributed by atoms with Crippen molar-refractivity contribution in [2.45, 2.75) is 44.6 Å².